The summed E-state index contributed by atoms with van der Waals surface area (Å²) in [4.78, 5) is 38.0. The van der Waals surface area contributed by atoms with E-state index in [2.05, 4.69) is 22.0 Å². The van der Waals surface area contributed by atoms with Crippen LogP contribution in [0.15, 0.2) is 116 Å². The molecule has 0 unspecified atom stereocenters. The van der Waals surface area contributed by atoms with Gasteiger partial charge in [-0.3, -0.25) is 19.5 Å². The second-order valence-corrected chi connectivity index (χ2v) is 11.1. The van der Waals surface area contributed by atoms with Crippen LogP contribution in [-0.4, -0.2) is 63.7 Å². The molecule has 4 aromatic rings. The van der Waals surface area contributed by atoms with Crippen molar-refractivity contribution in [3.63, 3.8) is 0 Å². The van der Waals surface area contributed by atoms with Gasteiger partial charge in [0.1, 0.15) is 6.04 Å². The Bertz CT molecular complexity index is 1560. The molecule has 0 bridgehead atoms. The standard InChI is InChI=1S/C36H35F3N4O2/c37-36(38,39)32-14-11-28(12-15-32)13-16-34(44)43(27-31-17-19-40-20-18-31)33(25-29-7-3-1-4-8-29)35(45)42-23-21-41(22-24-42)26-30-9-5-2-6-10-30/h1-20,33H,21-27H2/t33-/m0/s1. The van der Waals surface area contributed by atoms with Gasteiger partial charge in [-0.05, 0) is 52.6 Å². The van der Waals surface area contributed by atoms with E-state index in [1.807, 2.05) is 53.4 Å². The molecule has 6 nitrogen and oxygen atoms in total. The molecular formula is C36H35F3N4O2. The van der Waals surface area contributed by atoms with Crippen molar-refractivity contribution < 1.29 is 22.8 Å². The Hall–Kier alpha value is -4.76. The van der Waals surface area contributed by atoms with Gasteiger partial charge in [0.05, 0.1) is 5.56 Å². The third-order valence-corrected chi connectivity index (χ3v) is 7.91. The molecule has 5 rings (SSSR count). The largest absolute Gasteiger partial charge is 0.416 e. The van der Waals surface area contributed by atoms with Crippen molar-refractivity contribution >= 4 is 17.9 Å². The molecule has 0 aliphatic carbocycles. The van der Waals surface area contributed by atoms with Crippen molar-refractivity contribution in [1.29, 1.82) is 0 Å². The summed E-state index contributed by atoms with van der Waals surface area (Å²) in [6, 6.07) is 27.2. The van der Waals surface area contributed by atoms with Gasteiger partial charge in [0.15, 0.2) is 0 Å². The summed E-state index contributed by atoms with van der Waals surface area (Å²) in [5, 5.41) is 0. The Balaban J connectivity index is 1.39. The number of carbonyl (C=O) groups is 2. The first-order valence-corrected chi connectivity index (χ1v) is 14.9. The van der Waals surface area contributed by atoms with E-state index in [1.165, 1.54) is 29.8 Å². The van der Waals surface area contributed by atoms with Crippen molar-refractivity contribution in [2.75, 3.05) is 26.2 Å². The first-order valence-electron chi connectivity index (χ1n) is 14.9. The molecule has 0 saturated carbocycles. The number of pyridine rings is 1. The van der Waals surface area contributed by atoms with Crippen LogP contribution < -0.4 is 0 Å². The number of nitrogens with zero attached hydrogens (tertiary/aromatic N) is 4. The molecule has 1 aliphatic heterocycles. The fourth-order valence-electron chi connectivity index (χ4n) is 5.42. The van der Waals surface area contributed by atoms with Crippen molar-refractivity contribution in [2.24, 2.45) is 0 Å². The maximum atomic E-state index is 14.3. The van der Waals surface area contributed by atoms with Gasteiger partial charge in [0, 0.05) is 64.2 Å². The minimum atomic E-state index is -4.45. The average Bonchev–Trinajstić information content (AvgIpc) is 3.06. The summed E-state index contributed by atoms with van der Waals surface area (Å²) >= 11 is 0. The molecule has 232 valence electrons. The van der Waals surface area contributed by atoms with E-state index in [9.17, 15) is 22.8 Å². The van der Waals surface area contributed by atoms with Crippen LogP contribution in [0.3, 0.4) is 0 Å². The predicted molar refractivity (Wildman–Crippen MR) is 167 cm³/mol. The quantitative estimate of drug-likeness (QED) is 0.203. The normalized spacial score (nSPS) is 14.8. The van der Waals surface area contributed by atoms with Gasteiger partial charge in [-0.15, -0.1) is 0 Å². The van der Waals surface area contributed by atoms with Gasteiger partial charge in [-0.25, -0.2) is 0 Å². The van der Waals surface area contributed by atoms with Gasteiger partial charge < -0.3 is 9.80 Å². The molecule has 1 fully saturated rings. The van der Waals surface area contributed by atoms with E-state index in [0.717, 1.165) is 29.8 Å². The lowest BCUT2D eigenvalue weighted by Crippen LogP contribution is -2.56. The van der Waals surface area contributed by atoms with Crippen molar-refractivity contribution in [2.45, 2.75) is 31.7 Å². The molecule has 0 N–H and O–H groups in total. The summed E-state index contributed by atoms with van der Waals surface area (Å²) in [6.45, 7) is 3.47. The lowest BCUT2D eigenvalue weighted by atomic mass is 10.0. The zero-order valence-corrected chi connectivity index (χ0v) is 24.8. The first kappa shape index (κ1) is 31.7. The Morgan fingerprint density at radius 2 is 1.38 bits per heavy atom. The second-order valence-electron chi connectivity index (χ2n) is 11.1. The SMILES string of the molecule is O=C([C@H](Cc1ccccc1)N(Cc1ccncc1)C(=O)C=Cc1ccc(C(F)(F)F)cc1)N1CCN(Cc2ccccc2)CC1. The smallest absolute Gasteiger partial charge is 0.338 e. The fraction of sp³-hybridized carbons (Fsp3) is 0.250. The molecule has 1 aliphatic rings. The monoisotopic (exact) mass is 612 g/mol. The van der Waals surface area contributed by atoms with Gasteiger partial charge in [0.2, 0.25) is 11.8 Å². The summed E-state index contributed by atoms with van der Waals surface area (Å²) in [5.74, 6) is -0.549. The van der Waals surface area contributed by atoms with E-state index in [1.54, 1.807) is 29.4 Å². The molecule has 1 saturated heterocycles. The van der Waals surface area contributed by atoms with Crippen LogP contribution in [0, 0.1) is 0 Å². The number of benzene rings is 3. The van der Waals surface area contributed by atoms with Crippen molar-refractivity contribution in [3.8, 4) is 0 Å². The molecule has 2 amide bonds. The van der Waals surface area contributed by atoms with Crippen LogP contribution >= 0.6 is 0 Å². The highest BCUT2D eigenvalue weighted by molar-refractivity contribution is 5.95. The topological polar surface area (TPSA) is 56.8 Å². The second kappa shape index (κ2) is 14.8. The minimum absolute atomic E-state index is 0.136. The van der Waals surface area contributed by atoms with Crippen LogP contribution in [0.1, 0.15) is 27.8 Å². The highest BCUT2D eigenvalue weighted by Gasteiger charge is 2.34. The first-order chi connectivity index (χ1) is 21.8. The molecule has 1 aromatic heterocycles. The van der Waals surface area contributed by atoms with Crippen LogP contribution in [0.25, 0.3) is 6.08 Å². The van der Waals surface area contributed by atoms with Crippen molar-refractivity contribution in [1.82, 2.24) is 19.7 Å². The third-order valence-electron chi connectivity index (χ3n) is 7.91. The van der Waals surface area contributed by atoms with Gasteiger partial charge >= 0.3 is 6.18 Å². The molecule has 9 heteroatoms. The Morgan fingerprint density at radius 3 is 1.98 bits per heavy atom. The molecule has 1 atom stereocenters. The lowest BCUT2D eigenvalue weighted by Gasteiger charge is -2.39. The number of aromatic nitrogens is 1. The van der Waals surface area contributed by atoms with E-state index < -0.39 is 23.7 Å². The third kappa shape index (κ3) is 8.89. The summed E-state index contributed by atoms with van der Waals surface area (Å²) < 4.78 is 39.1. The Kier molecular flexibility index (Phi) is 10.4. The molecule has 0 radical (unpaired) electrons. The number of amides is 2. The fourth-order valence-corrected chi connectivity index (χ4v) is 5.42. The number of carbonyl (C=O) groups excluding carboxylic acids is 2. The highest BCUT2D eigenvalue weighted by atomic mass is 19.4. The van der Waals surface area contributed by atoms with Gasteiger partial charge in [0.25, 0.3) is 0 Å². The van der Waals surface area contributed by atoms with Crippen LogP contribution in [-0.2, 0) is 35.3 Å². The highest BCUT2D eigenvalue weighted by Crippen LogP contribution is 2.29. The van der Waals surface area contributed by atoms with Crippen LogP contribution in [0.2, 0.25) is 0 Å². The number of hydrogen-bond donors (Lipinski definition) is 0. The zero-order chi connectivity index (χ0) is 31.6. The Labute approximate surface area is 261 Å². The molecule has 45 heavy (non-hydrogen) atoms. The predicted octanol–water partition coefficient (Wildman–Crippen LogP) is 6.10. The summed E-state index contributed by atoms with van der Waals surface area (Å²) in [6.07, 6.45) is 1.94. The molecule has 3 aromatic carbocycles. The van der Waals surface area contributed by atoms with E-state index in [-0.39, 0.29) is 12.5 Å². The van der Waals surface area contributed by atoms with E-state index >= 15 is 0 Å². The average molecular weight is 613 g/mol. The van der Waals surface area contributed by atoms with Gasteiger partial charge in [-0.1, -0.05) is 72.8 Å². The van der Waals surface area contributed by atoms with Crippen molar-refractivity contribution in [3.05, 3.63) is 143 Å². The van der Waals surface area contributed by atoms with Crippen LogP contribution in [0.4, 0.5) is 13.2 Å². The van der Waals surface area contributed by atoms with Gasteiger partial charge in [-0.2, -0.15) is 13.2 Å². The minimum Gasteiger partial charge on any atom is -0.338 e. The number of rotatable bonds is 10. The lowest BCUT2D eigenvalue weighted by molar-refractivity contribution is -0.145. The maximum absolute atomic E-state index is 14.3. The number of hydrogen-bond acceptors (Lipinski definition) is 4. The van der Waals surface area contributed by atoms with E-state index in [0.29, 0.717) is 38.2 Å². The van der Waals surface area contributed by atoms with E-state index in [4.69, 9.17) is 0 Å². The number of alkyl halides is 3. The molecule has 0 spiro atoms. The Morgan fingerprint density at radius 1 is 0.778 bits per heavy atom. The molecular weight excluding hydrogens is 577 g/mol. The summed E-state index contributed by atoms with van der Waals surface area (Å²) in [5.41, 5.74) is 2.62. The number of piperazine rings is 1. The van der Waals surface area contributed by atoms with Crippen LogP contribution in [0.5, 0.6) is 0 Å². The zero-order valence-electron chi connectivity index (χ0n) is 24.8. The maximum Gasteiger partial charge on any atom is 0.416 e. The summed E-state index contributed by atoms with van der Waals surface area (Å²) in [7, 11) is 0. The molecule has 2 heterocycles. The number of halogens is 3.